The van der Waals surface area contributed by atoms with E-state index in [9.17, 15) is 4.39 Å². The largest absolute Gasteiger partial charge is 0.356 e. The van der Waals surface area contributed by atoms with Crippen LogP contribution in [0.5, 0.6) is 0 Å². The molecule has 1 saturated heterocycles. The molecule has 136 valence electrons. The number of likely N-dealkylation sites (N-methyl/N-ethyl adjacent to an activating group) is 1. The summed E-state index contributed by atoms with van der Waals surface area (Å²) in [6.07, 6.45) is 3.40. The van der Waals surface area contributed by atoms with Gasteiger partial charge in [0.25, 0.3) is 0 Å². The van der Waals surface area contributed by atoms with Crippen LogP contribution in [-0.2, 0) is 6.42 Å². The van der Waals surface area contributed by atoms with Gasteiger partial charge in [-0.25, -0.2) is 4.39 Å². The number of aryl methyl sites for hydroxylation is 1. The third-order valence-corrected chi connectivity index (χ3v) is 4.63. The molecule has 0 aliphatic carbocycles. The molecule has 1 unspecified atom stereocenters. The number of halogens is 2. The summed E-state index contributed by atoms with van der Waals surface area (Å²) in [5, 5.41) is 6.77. The molecule has 24 heavy (non-hydrogen) atoms. The van der Waals surface area contributed by atoms with E-state index in [1.54, 1.807) is 13.1 Å². The standard InChI is InChI=1S/C18H29FN4.HI/c1-4-23-11-5-6-17(23)13-22-18(20-3)21-10-9-15-7-8-16(19)12-14(15)2;/h7-8,12,17H,4-6,9-11,13H2,1-3H3,(H2,20,21,22);1H. The molecule has 0 radical (unpaired) electrons. The zero-order valence-electron chi connectivity index (χ0n) is 14.9. The molecule has 6 heteroatoms. The fourth-order valence-corrected chi connectivity index (χ4v) is 3.23. The van der Waals surface area contributed by atoms with Gasteiger partial charge in [0.2, 0.25) is 0 Å². The van der Waals surface area contributed by atoms with Crippen LogP contribution in [0.4, 0.5) is 4.39 Å². The smallest absolute Gasteiger partial charge is 0.191 e. The molecule has 0 aromatic heterocycles. The van der Waals surface area contributed by atoms with Crippen molar-refractivity contribution in [1.29, 1.82) is 0 Å². The molecule has 1 aromatic rings. The SMILES string of the molecule is CCN1CCCC1CNC(=NC)NCCc1ccc(F)cc1C.I. The molecule has 0 spiro atoms. The Labute approximate surface area is 162 Å². The van der Waals surface area contributed by atoms with Gasteiger partial charge in [0.15, 0.2) is 5.96 Å². The molecule has 1 aliphatic rings. The van der Waals surface area contributed by atoms with Crippen LogP contribution in [0.2, 0.25) is 0 Å². The zero-order valence-corrected chi connectivity index (χ0v) is 17.3. The normalized spacial score (nSPS) is 18.3. The lowest BCUT2D eigenvalue weighted by molar-refractivity contribution is 0.267. The van der Waals surface area contributed by atoms with Gasteiger partial charge in [0, 0.05) is 26.2 Å². The van der Waals surface area contributed by atoms with E-state index in [1.807, 2.05) is 13.0 Å². The zero-order chi connectivity index (χ0) is 16.7. The molecule has 0 amide bonds. The Morgan fingerprint density at radius 2 is 2.17 bits per heavy atom. The number of hydrogen-bond acceptors (Lipinski definition) is 2. The van der Waals surface area contributed by atoms with Crippen LogP contribution in [0.25, 0.3) is 0 Å². The van der Waals surface area contributed by atoms with Crippen LogP contribution in [-0.4, -0.2) is 50.1 Å². The number of likely N-dealkylation sites (tertiary alicyclic amines) is 1. The third-order valence-electron chi connectivity index (χ3n) is 4.63. The van der Waals surface area contributed by atoms with E-state index in [1.165, 1.54) is 31.0 Å². The van der Waals surface area contributed by atoms with Gasteiger partial charge in [-0.15, -0.1) is 24.0 Å². The van der Waals surface area contributed by atoms with Crippen LogP contribution in [0.15, 0.2) is 23.2 Å². The number of rotatable bonds is 6. The minimum atomic E-state index is -0.172. The average Bonchev–Trinajstić information content (AvgIpc) is 3.00. The fraction of sp³-hybridized carbons (Fsp3) is 0.611. The Morgan fingerprint density at radius 1 is 1.38 bits per heavy atom. The van der Waals surface area contributed by atoms with E-state index in [0.717, 1.165) is 37.6 Å². The van der Waals surface area contributed by atoms with Crippen LogP contribution < -0.4 is 10.6 Å². The molecular weight excluding hydrogens is 418 g/mol. The van der Waals surface area contributed by atoms with E-state index in [-0.39, 0.29) is 29.8 Å². The number of guanidine groups is 1. The van der Waals surface area contributed by atoms with Gasteiger partial charge in [-0.1, -0.05) is 13.0 Å². The summed E-state index contributed by atoms with van der Waals surface area (Å²) in [6, 6.07) is 5.58. The topological polar surface area (TPSA) is 39.7 Å². The highest BCUT2D eigenvalue weighted by Crippen LogP contribution is 2.15. The molecule has 1 fully saturated rings. The van der Waals surface area contributed by atoms with Crippen molar-refractivity contribution in [3.63, 3.8) is 0 Å². The lowest BCUT2D eigenvalue weighted by atomic mass is 10.1. The van der Waals surface area contributed by atoms with E-state index < -0.39 is 0 Å². The Hall–Kier alpha value is -0.890. The molecule has 1 aliphatic heterocycles. The first kappa shape index (κ1) is 21.2. The van der Waals surface area contributed by atoms with Crippen LogP contribution >= 0.6 is 24.0 Å². The van der Waals surface area contributed by atoms with Crippen molar-refractivity contribution in [2.24, 2.45) is 4.99 Å². The highest BCUT2D eigenvalue weighted by atomic mass is 127. The minimum absolute atomic E-state index is 0. The van der Waals surface area contributed by atoms with Gasteiger partial charge in [-0.2, -0.15) is 0 Å². The average molecular weight is 448 g/mol. The minimum Gasteiger partial charge on any atom is -0.356 e. The first-order valence-electron chi connectivity index (χ1n) is 8.57. The van der Waals surface area contributed by atoms with Crippen molar-refractivity contribution in [2.75, 3.05) is 33.2 Å². The predicted octanol–water partition coefficient (Wildman–Crippen LogP) is 2.94. The lowest BCUT2D eigenvalue weighted by Crippen LogP contribution is -2.45. The molecule has 0 saturated carbocycles. The highest BCUT2D eigenvalue weighted by molar-refractivity contribution is 14.0. The molecule has 4 nitrogen and oxygen atoms in total. The number of hydrogen-bond donors (Lipinski definition) is 2. The van der Waals surface area contributed by atoms with Gasteiger partial charge in [-0.3, -0.25) is 9.89 Å². The Balaban J connectivity index is 0.00000288. The quantitative estimate of drug-likeness (QED) is 0.400. The predicted molar refractivity (Wildman–Crippen MR) is 110 cm³/mol. The second-order valence-electron chi connectivity index (χ2n) is 6.13. The fourth-order valence-electron chi connectivity index (χ4n) is 3.23. The molecule has 0 bridgehead atoms. The lowest BCUT2D eigenvalue weighted by Gasteiger charge is -2.24. The van der Waals surface area contributed by atoms with Gasteiger partial charge in [0.1, 0.15) is 5.82 Å². The van der Waals surface area contributed by atoms with E-state index in [4.69, 9.17) is 0 Å². The Morgan fingerprint density at radius 3 is 2.83 bits per heavy atom. The second kappa shape index (κ2) is 10.9. The van der Waals surface area contributed by atoms with Crippen LogP contribution in [0.1, 0.15) is 30.9 Å². The number of nitrogens with one attached hydrogen (secondary N) is 2. The van der Waals surface area contributed by atoms with Crippen molar-refractivity contribution < 1.29 is 4.39 Å². The summed E-state index contributed by atoms with van der Waals surface area (Å²) in [6.45, 7) is 8.21. The number of aliphatic imine (C=N–C) groups is 1. The summed E-state index contributed by atoms with van der Waals surface area (Å²) < 4.78 is 13.1. The van der Waals surface area contributed by atoms with Crippen molar-refractivity contribution in [3.05, 3.63) is 35.1 Å². The van der Waals surface area contributed by atoms with Crippen molar-refractivity contribution in [1.82, 2.24) is 15.5 Å². The maximum atomic E-state index is 13.1. The van der Waals surface area contributed by atoms with Gasteiger partial charge >= 0.3 is 0 Å². The van der Waals surface area contributed by atoms with Crippen LogP contribution in [0.3, 0.4) is 0 Å². The first-order valence-corrected chi connectivity index (χ1v) is 8.57. The van der Waals surface area contributed by atoms with Crippen molar-refractivity contribution in [2.45, 2.75) is 39.2 Å². The first-order chi connectivity index (χ1) is 11.1. The summed E-state index contributed by atoms with van der Waals surface area (Å²) in [4.78, 5) is 6.80. The van der Waals surface area contributed by atoms with Crippen molar-refractivity contribution >= 4 is 29.9 Å². The maximum Gasteiger partial charge on any atom is 0.191 e. The Kier molecular flexibility index (Phi) is 9.58. The third kappa shape index (κ3) is 6.20. The molecule has 2 rings (SSSR count). The monoisotopic (exact) mass is 448 g/mol. The molecular formula is C18H30FIN4. The van der Waals surface area contributed by atoms with E-state index in [0.29, 0.717) is 6.04 Å². The summed E-state index contributed by atoms with van der Waals surface area (Å²) in [7, 11) is 1.80. The van der Waals surface area contributed by atoms with Crippen molar-refractivity contribution in [3.8, 4) is 0 Å². The van der Waals surface area contributed by atoms with Gasteiger partial charge in [0.05, 0.1) is 0 Å². The molecule has 2 N–H and O–H groups in total. The Bertz CT molecular complexity index is 536. The summed E-state index contributed by atoms with van der Waals surface area (Å²) >= 11 is 0. The summed E-state index contributed by atoms with van der Waals surface area (Å²) in [5.41, 5.74) is 2.17. The molecule has 1 heterocycles. The van der Waals surface area contributed by atoms with Gasteiger partial charge in [-0.05, 0) is 62.5 Å². The van der Waals surface area contributed by atoms with E-state index >= 15 is 0 Å². The number of benzene rings is 1. The van der Waals surface area contributed by atoms with E-state index in [2.05, 4.69) is 27.4 Å². The molecule has 1 atom stereocenters. The maximum absolute atomic E-state index is 13.1. The highest BCUT2D eigenvalue weighted by Gasteiger charge is 2.22. The molecule has 1 aromatic carbocycles. The summed E-state index contributed by atoms with van der Waals surface area (Å²) in [5.74, 6) is 0.668. The van der Waals surface area contributed by atoms with Gasteiger partial charge < -0.3 is 10.6 Å². The second-order valence-corrected chi connectivity index (χ2v) is 6.13. The number of nitrogens with zero attached hydrogens (tertiary/aromatic N) is 2. The van der Waals surface area contributed by atoms with Crippen LogP contribution in [0, 0.1) is 12.7 Å².